The highest BCUT2D eigenvalue weighted by molar-refractivity contribution is 5.82. The van der Waals surface area contributed by atoms with Gasteiger partial charge in [0.25, 0.3) is 0 Å². The number of nitrogens with zero attached hydrogens (tertiary/aromatic N) is 5. The Bertz CT molecular complexity index is 876. The molecule has 1 aromatic heterocycles. The lowest BCUT2D eigenvalue weighted by molar-refractivity contribution is -0.132. The van der Waals surface area contributed by atoms with E-state index in [0.29, 0.717) is 12.6 Å². The molecule has 2 aliphatic rings. The molecular weight excluding hydrogens is 338 g/mol. The summed E-state index contributed by atoms with van der Waals surface area (Å²) in [5.41, 5.74) is 2.16. The summed E-state index contributed by atoms with van der Waals surface area (Å²) in [6.07, 6.45) is 4.60. The lowest BCUT2D eigenvalue weighted by atomic mass is 10.1. The van der Waals surface area contributed by atoms with Crippen molar-refractivity contribution in [2.45, 2.75) is 31.3 Å². The number of aromatic nitrogens is 1. The largest absolute Gasteiger partial charge is 0.370 e. The molecule has 0 saturated carbocycles. The number of amides is 1. The van der Waals surface area contributed by atoms with Gasteiger partial charge >= 0.3 is 0 Å². The molecular formula is C21H25N5O. The van der Waals surface area contributed by atoms with E-state index in [1.165, 1.54) is 0 Å². The van der Waals surface area contributed by atoms with Crippen LogP contribution in [0.2, 0.25) is 0 Å². The summed E-state index contributed by atoms with van der Waals surface area (Å²) in [5, 5.41) is 10.3. The Morgan fingerprint density at radius 1 is 1.33 bits per heavy atom. The average Bonchev–Trinajstić information content (AvgIpc) is 3.36. The lowest BCUT2D eigenvalue weighted by Gasteiger charge is -2.28. The Balaban J connectivity index is 1.38. The number of hydrogen-bond acceptors (Lipinski definition) is 5. The Morgan fingerprint density at radius 3 is 3.07 bits per heavy atom. The molecule has 6 heteroatoms. The molecule has 0 bridgehead atoms. The molecule has 0 aliphatic carbocycles. The van der Waals surface area contributed by atoms with Gasteiger partial charge in [0.05, 0.1) is 18.1 Å². The van der Waals surface area contributed by atoms with Gasteiger partial charge in [0, 0.05) is 50.0 Å². The Hall–Kier alpha value is -2.65. The summed E-state index contributed by atoms with van der Waals surface area (Å²) in [4.78, 5) is 23.3. The fourth-order valence-corrected chi connectivity index (χ4v) is 4.24. The van der Waals surface area contributed by atoms with Crippen molar-refractivity contribution in [1.82, 2.24) is 14.8 Å². The van der Waals surface area contributed by atoms with Crippen LogP contribution >= 0.6 is 0 Å². The number of hydrogen-bond donors (Lipinski definition) is 0. The van der Waals surface area contributed by atoms with E-state index in [-0.39, 0.29) is 11.9 Å². The highest BCUT2D eigenvalue weighted by Crippen LogP contribution is 2.25. The van der Waals surface area contributed by atoms with Crippen LogP contribution in [0.25, 0.3) is 10.9 Å². The molecule has 6 nitrogen and oxygen atoms in total. The first-order chi connectivity index (χ1) is 13.2. The third-order valence-corrected chi connectivity index (χ3v) is 5.87. The number of likely N-dealkylation sites (tertiary alicyclic amines) is 2. The van der Waals surface area contributed by atoms with Gasteiger partial charge in [0.1, 0.15) is 6.04 Å². The zero-order valence-electron chi connectivity index (χ0n) is 15.7. The zero-order chi connectivity index (χ0) is 18.8. The number of rotatable bonds is 4. The molecule has 0 N–H and O–H groups in total. The minimum absolute atomic E-state index is 0.0947. The van der Waals surface area contributed by atoms with Gasteiger partial charge in [0.2, 0.25) is 5.91 Å². The first-order valence-electron chi connectivity index (χ1n) is 9.65. The maximum absolute atomic E-state index is 12.6. The molecule has 2 fully saturated rings. The third-order valence-electron chi connectivity index (χ3n) is 5.87. The standard InChI is InChI=1S/C21H25N5O/c1-24(17-7-6-16-4-2-9-23-20(16)12-17)19-8-11-25(14-19)15-21(27)26-10-3-5-18(26)13-22/h2,4,6-7,9,12,18-19H,3,5,8,10-11,14-15H2,1H3/t18-,19-/m0/s1. The van der Waals surface area contributed by atoms with Crippen LogP contribution in [-0.4, -0.2) is 66.0 Å². The molecule has 2 aromatic rings. The highest BCUT2D eigenvalue weighted by atomic mass is 16.2. The first kappa shape index (κ1) is 17.7. The monoisotopic (exact) mass is 363 g/mol. The number of nitriles is 1. The molecule has 2 atom stereocenters. The molecule has 0 spiro atoms. The summed E-state index contributed by atoms with van der Waals surface area (Å²) >= 11 is 0. The van der Waals surface area contributed by atoms with E-state index in [0.717, 1.165) is 55.5 Å². The summed E-state index contributed by atoms with van der Waals surface area (Å²) in [6, 6.07) is 12.8. The summed E-state index contributed by atoms with van der Waals surface area (Å²) < 4.78 is 0. The Kier molecular flexibility index (Phi) is 4.95. The Morgan fingerprint density at radius 2 is 2.22 bits per heavy atom. The van der Waals surface area contributed by atoms with E-state index in [1.807, 2.05) is 12.3 Å². The van der Waals surface area contributed by atoms with Crippen LogP contribution in [0.5, 0.6) is 0 Å². The van der Waals surface area contributed by atoms with E-state index >= 15 is 0 Å². The van der Waals surface area contributed by atoms with Crippen LogP contribution in [0.1, 0.15) is 19.3 Å². The van der Waals surface area contributed by atoms with Gasteiger partial charge in [-0.2, -0.15) is 5.26 Å². The number of carbonyl (C=O) groups excluding carboxylic acids is 1. The van der Waals surface area contributed by atoms with Crippen molar-refractivity contribution in [3.8, 4) is 6.07 Å². The lowest BCUT2D eigenvalue weighted by Crippen LogP contribution is -2.42. The fourth-order valence-electron chi connectivity index (χ4n) is 4.24. The minimum atomic E-state index is -0.233. The van der Waals surface area contributed by atoms with Gasteiger partial charge in [-0.1, -0.05) is 12.1 Å². The predicted octanol–water partition coefficient (Wildman–Crippen LogP) is 2.26. The number of carbonyl (C=O) groups is 1. The van der Waals surface area contributed by atoms with Crippen molar-refractivity contribution in [3.63, 3.8) is 0 Å². The SMILES string of the molecule is CN(c1ccc2cccnc2c1)[C@H]1CCN(CC(=O)N2CCC[C@H]2C#N)C1. The van der Waals surface area contributed by atoms with Crippen molar-refractivity contribution in [3.05, 3.63) is 36.5 Å². The molecule has 0 unspecified atom stereocenters. The van der Waals surface area contributed by atoms with Crippen molar-refractivity contribution in [2.75, 3.05) is 38.1 Å². The fraction of sp³-hybridized carbons (Fsp3) is 0.476. The second-order valence-electron chi connectivity index (χ2n) is 7.54. The molecule has 2 saturated heterocycles. The molecule has 2 aliphatic heterocycles. The smallest absolute Gasteiger partial charge is 0.237 e. The quantitative estimate of drug-likeness (QED) is 0.834. The summed E-state index contributed by atoms with van der Waals surface area (Å²) in [7, 11) is 2.12. The molecule has 3 heterocycles. The number of fused-ring (bicyclic) bond motifs is 1. The van der Waals surface area contributed by atoms with Crippen LogP contribution in [0.4, 0.5) is 5.69 Å². The van der Waals surface area contributed by atoms with E-state index in [2.05, 4.69) is 52.2 Å². The van der Waals surface area contributed by atoms with Gasteiger partial charge < -0.3 is 9.80 Å². The molecule has 140 valence electrons. The van der Waals surface area contributed by atoms with Gasteiger partial charge in [-0.3, -0.25) is 14.7 Å². The topological polar surface area (TPSA) is 63.5 Å². The second-order valence-corrected chi connectivity index (χ2v) is 7.54. The van der Waals surface area contributed by atoms with Crippen molar-refractivity contribution < 1.29 is 4.79 Å². The van der Waals surface area contributed by atoms with Crippen LogP contribution in [0.3, 0.4) is 0 Å². The van der Waals surface area contributed by atoms with E-state index < -0.39 is 0 Å². The van der Waals surface area contributed by atoms with Crippen LogP contribution in [0.15, 0.2) is 36.5 Å². The van der Waals surface area contributed by atoms with Gasteiger partial charge in [-0.05, 0) is 37.5 Å². The van der Waals surface area contributed by atoms with E-state index in [4.69, 9.17) is 0 Å². The molecule has 1 amide bonds. The zero-order valence-corrected chi connectivity index (χ0v) is 15.7. The van der Waals surface area contributed by atoms with Crippen molar-refractivity contribution >= 4 is 22.5 Å². The molecule has 4 rings (SSSR count). The van der Waals surface area contributed by atoms with E-state index in [9.17, 15) is 10.1 Å². The van der Waals surface area contributed by atoms with Crippen LogP contribution in [0, 0.1) is 11.3 Å². The molecule has 1 aromatic carbocycles. The van der Waals surface area contributed by atoms with E-state index in [1.54, 1.807) is 4.90 Å². The summed E-state index contributed by atoms with van der Waals surface area (Å²) in [5.74, 6) is 0.0947. The normalized spacial score (nSPS) is 22.9. The highest BCUT2D eigenvalue weighted by Gasteiger charge is 2.32. The van der Waals surface area contributed by atoms with Crippen molar-refractivity contribution in [2.24, 2.45) is 0 Å². The maximum atomic E-state index is 12.6. The number of pyridine rings is 1. The number of benzene rings is 1. The second kappa shape index (κ2) is 7.53. The Labute approximate surface area is 160 Å². The van der Waals surface area contributed by atoms with Crippen molar-refractivity contribution in [1.29, 1.82) is 5.26 Å². The van der Waals surface area contributed by atoms with Gasteiger partial charge in [-0.25, -0.2) is 0 Å². The molecule has 0 radical (unpaired) electrons. The maximum Gasteiger partial charge on any atom is 0.237 e. The predicted molar refractivity (Wildman–Crippen MR) is 105 cm³/mol. The summed E-state index contributed by atoms with van der Waals surface area (Å²) in [6.45, 7) is 2.92. The third kappa shape index (κ3) is 3.60. The molecule has 27 heavy (non-hydrogen) atoms. The number of anilines is 1. The van der Waals surface area contributed by atoms with Gasteiger partial charge in [-0.15, -0.1) is 0 Å². The van der Waals surface area contributed by atoms with Crippen LogP contribution < -0.4 is 4.90 Å². The first-order valence-corrected chi connectivity index (χ1v) is 9.65. The van der Waals surface area contributed by atoms with Crippen LogP contribution in [-0.2, 0) is 4.79 Å². The minimum Gasteiger partial charge on any atom is -0.370 e. The van der Waals surface area contributed by atoms with Gasteiger partial charge in [0.15, 0.2) is 0 Å². The number of likely N-dealkylation sites (N-methyl/N-ethyl adjacent to an activating group) is 1. The average molecular weight is 363 g/mol.